The van der Waals surface area contributed by atoms with Crippen molar-refractivity contribution in [3.8, 4) is 29.5 Å². The molecule has 2 bridgehead atoms. The maximum absolute atomic E-state index is 14.8. The molecule has 8 rings (SSSR count). The molecule has 4 aromatic rings. The van der Waals surface area contributed by atoms with Gasteiger partial charge in [-0.3, -0.25) is 9.88 Å². The van der Waals surface area contributed by atoms with E-state index < -0.39 is 5.82 Å². The number of nitrogens with one attached hydrogen (secondary N) is 1. The standard InChI is InChI=1S/C34H35FN6O2/c1-2-26-28(35)9-6-22-4-3-5-27(30(22)26)23-16-29-31(36-17-23)32(41-18-24-7-8-25(19-41)37-24)39-33(38-29)43-21-34(10-11-34)20-40-12-14-42-15-13-40/h1,3-6,9,16-17,24-25,37H,7-8,10-15,18-21H2. The van der Waals surface area contributed by atoms with Crippen molar-refractivity contribution < 1.29 is 13.9 Å². The van der Waals surface area contributed by atoms with Gasteiger partial charge in [0, 0.05) is 67.4 Å². The van der Waals surface area contributed by atoms with Crippen molar-refractivity contribution in [2.75, 3.05) is 57.4 Å². The van der Waals surface area contributed by atoms with Crippen LogP contribution < -0.4 is 15.0 Å². The first-order valence-electron chi connectivity index (χ1n) is 15.4. The van der Waals surface area contributed by atoms with E-state index in [2.05, 4.69) is 21.0 Å². The van der Waals surface area contributed by atoms with E-state index >= 15 is 0 Å². The zero-order valence-electron chi connectivity index (χ0n) is 24.2. The molecule has 3 saturated heterocycles. The number of ether oxygens (including phenoxy) is 2. The Bertz CT molecular complexity index is 1730. The van der Waals surface area contributed by atoms with Crippen LogP contribution in [0.3, 0.4) is 0 Å². The van der Waals surface area contributed by atoms with Crippen LogP contribution in [0.25, 0.3) is 32.9 Å². The first-order chi connectivity index (χ1) is 21.1. The number of hydrogen-bond acceptors (Lipinski definition) is 8. The van der Waals surface area contributed by atoms with Crippen LogP contribution in [-0.4, -0.2) is 84.5 Å². The SMILES string of the molecule is C#Cc1c(F)ccc2cccc(-c3cnc4c(N5CC6CCC(C5)N6)nc(OCC5(CN6CCOCC6)CC5)nc4c3)c12. The zero-order chi connectivity index (χ0) is 29.0. The maximum atomic E-state index is 14.8. The minimum atomic E-state index is -0.407. The molecule has 2 aromatic heterocycles. The van der Waals surface area contributed by atoms with Gasteiger partial charge in [-0.15, -0.1) is 6.42 Å². The second-order valence-electron chi connectivity index (χ2n) is 12.6. The first kappa shape index (κ1) is 26.8. The number of pyridine rings is 1. The summed E-state index contributed by atoms with van der Waals surface area (Å²) in [7, 11) is 0. The molecule has 9 heteroatoms. The number of terminal acetylenes is 1. The number of morpholine rings is 1. The van der Waals surface area contributed by atoms with Gasteiger partial charge in [-0.25, -0.2) is 4.39 Å². The van der Waals surface area contributed by atoms with E-state index in [9.17, 15) is 4.39 Å². The lowest BCUT2D eigenvalue weighted by molar-refractivity contribution is 0.0231. The highest BCUT2D eigenvalue weighted by Crippen LogP contribution is 2.46. The molecule has 220 valence electrons. The van der Waals surface area contributed by atoms with E-state index in [0.29, 0.717) is 35.6 Å². The summed E-state index contributed by atoms with van der Waals surface area (Å²) >= 11 is 0. The van der Waals surface area contributed by atoms with Crippen molar-refractivity contribution in [1.82, 2.24) is 25.2 Å². The number of benzene rings is 2. The van der Waals surface area contributed by atoms with Crippen LogP contribution in [0.15, 0.2) is 42.6 Å². The largest absolute Gasteiger partial charge is 0.463 e. The van der Waals surface area contributed by atoms with Crippen molar-refractivity contribution in [1.29, 1.82) is 0 Å². The normalized spacial score (nSPS) is 23.0. The molecule has 0 radical (unpaired) electrons. The van der Waals surface area contributed by atoms with Gasteiger partial charge < -0.3 is 19.7 Å². The van der Waals surface area contributed by atoms with Crippen molar-refractivity contribution in [3.63, 3.8) is 0 Å². The Kier molecular flexibility index (Phi) is 6.66. The average molecular weight is 579 g/mol. The Balaban J connectivity index is 1.18. The summed E-state index contributed by atoms with van der Waals surface area (Å²) in [4.78, 5) is 19.6. The predicted molar refractivity (Wildman–Crippen MR) is 165 cm³/mol. The van der Waals surface area contributed by atoms with Crippen molar-refractivity contribution >= 4 is 27.6 Å². The van der Waals surface area contributed by atoms with Gasteiger partial charge in [-0.1, -0.05) is 30.2 Å². The molecule has 1 aliphatic carbocycles. The van der Waals surface area contributed by atoms with Gasteiger partial charge in [0.2, 0.25) is 0 Å². The van der Waals surface area contributed by atoms with Crippen LogP contribution in [0.5, 0.6) is 6.01 Å². The fraction of sp³-hybridized carbons (Fsp3) is 0.441. The monoisotopic (exact) mass is 578 g/mol. The average Bonchev–Trinajstić information content (AvgIpc) is 3.72. The molecule has 4 aliphatic rings. The fourth-order valence-electron chi connectivity index (χ4n) is 7.10. The van der Waals surface area contributed by atoms with Crippen LogP contribution in [0.4, 0.5) is 10.2 Å². The summed E-state index contributed by atoms with van der Waals surface area (Å²) in [5, 5.41) is 5.29. The second-order valence-corrected chi connectivity index (χ2v) is 12.6. The third-order valence-electron chi connectivity index (χ3n) is 9.59. The molecule has 0 spiro atoms. The number of halogens is 1. The summed E-state index contributed by atoms with van der Waals surface area (Å²) in [5.41, 5.74) is 3.49. The maximum Gasteiger partial charge on any atom is 0.319 e. The molecule has 3 aliphatic heterocycles. The summed E-state index contributed by atoms with van der Waals surface area (Å²) in [6.07, 6.45) is 12.2. The van der Waals surface area contributed by atoms with E-state index in [0.717, 1.165) is 86.6 Å². The summed E-state index contributed by atoms with van der Waals surface area (Å²) < 4.78 is 26.7. The molecular formula is C34H35FN6O2. The topological polar surface area (TPSA) is 75.6 Å². The summed E-state index contributed by atoms with van der Waals surface area (Å²) in [6, 6.07) is 12.3. The third kappa shape index (κ3) is 5.07. The molecule has 1 saturated carbocycles. The Morgan fingerprint density at radius 3 is 2.67 bits per heavy atom. The minimum absolute atomic E-state index is 0.142. The number of anilines is 1. The van der Waals surface area contributed by atoms with Crippen molar-refractivity contribution in [3.05, 3.63) is 54.0 Å². The van der Waals surface area contributed by atoms with Gasteiger partial charge in [0.15, 0.2) is 5.82 Å². The van der Waals surface area contributed by atoms with Crippen LogP contribution in [0.1, 0.15) is 31.2 Å². The van der Waals surface area contributed by atoms with Gasteiger partial charge in [0.25, 0.3) is 0 Å². The molecular weight excluding hydrogens is 543 g/mol. The fourth-order valence-corrected chi connectivity index (χ4v) is 7.10. The molecule has 2 unspecified atom stereocenters. The van der Waals surface area contributed by atoms with E-state index in [1.54, 1.807) is 6.07 Å². The number of hydrogen-bond donors (Lipinski definition) is 1. The van der Waals surface area contributed by atoms with Crippen LogP contribution in [0, 0.1) is 23.6 Å². The Labute approximate surface area is 250 Å². The van der Waals surface area contributed by atoms with Crippen LogP contribution in [0.2, 0.25) is 0 Å². The smallest absolute Gasteiger partial charge is 0.319 e. The van der Waals surface area contributed by atoms with Crippen LogP contribution >= 0.6 is 0 Å². The zero-order valence-corrected chi connectivity index (χ0v) is 24.2. The summed E-state index contributed by atoms with van der Waals surface area (Å²) in [6.45, 7) is 6.88. The Hall–Kier alpha value is -3.84. The van der Waals surface area contributed by atoms with Gasteiger partial charge in [0.1, 0.15) is 11.3 Å². The number of aromatic nitrogens is 3. The van der Waals surface area contributed by atoms with Gasteiger partial charge >= 0.3 is 6.01 Å². The lowest BCUT2D eigenvalue weighted by Crippen LogP contribution is -2.51. The molecule has 4 fully saturated rings. The number of fused-ring (bicyclic) bond motifs is 4. The molecule has 0 amide bonds. The molecule has 5 heterocycles. The highest BCUT2D eigenvalue weighted by molar-refractivity contribution is 6.02. The molecule has 43 heavy (non-hydrogen) atoms. The lowest BCUT2D eigenvalue weighted by Gasteiger charge is -2.34. The lowest BCUT2D eigenvalue weighted by atomic mass is 9.95. The minimum Gasteiger partial charge on any atom is -0.463 e. The van der Waals surface area contributed by atoms with E-state index in [1.165, 1.54) is 18.9 Å². The third-order valence-corrected chi connectivity index (χ3v) is 9.59. The Morgan fingerprint density at radius 2 is 1.91 bits per heavy atom. The van der Waals surface area contributed by atoms with Crippen molar-refractivity contribution in [2.45, 2.75) is 37.8 Å². The summed E-state index contributed by atoms with van der Waals surface area (Å²) in [5.74, 6) is 2.97. The molecule has 1 N–H and O–H groups in total. The number of piperazine rings is 1. The van der Waals surface area contributed by atoms with E-state index in [1.807, 2.05) is 30.5 Å². The quantitative estimate of drug-likeness (QED) is 0.324. The van der Waals surface area contributed by atoms with E-state index in [-0.39, 0.29) is 11.0 Å². The highest BCUT2D eigenvalue weighted by Gasteiger charge is 2.45. The van der Waals surface area contributed by atoms with Gasteiger partial charge in [0.05, 0.1) is 30.9 Å². The van der Waals surface area contributed by atoms with Crippen molar-refractivity contribution in [2.24, 2.45) is 5.41 Å². The van der Waals surface area contributed by atoms with Crippen LogP contribution in [-0.2, 0) is 4.74 Å². The first-order valence-corrected chi connectivity index (χ1v) is 15.4. The Morgan fingerprint density at radius 1 is 1.09 bits per heavy atom. The van der Waals surface area contributed by atoms with E-state index in [4.69, 9.17) is 30.8 Å². The van der Waals surface area contributed by atoms with Gasteiger partial charge in [-0.2, -0.15) is 9.97 Å². The molecule has 2 aromatic carbocycles. The van der Waals surface area contributed by atoms with Gasteiger partial charge in [-0.05, 0) is 48.8 Å². The molecule has 8 nitrogen and oxygen atoms in total. The number of nitrogens with zero attached hydrogens (tertiary/aromatic N) is 5. The molecule has 2 atom stereocenters. The predicted octanol–water partition coefficient (Wildman–Crippen LogP) is 4.40. The second kappa shape index (κ2) is 10.7. The highest BCUT2D eigenvalue weighted by atomic mass is 19.1. The number of rotatable bonds is 7.